The van der Waals surface area contributed by atoms with Gasteiger partial charge in [-0.2, -0.15) is 4.98 Å². The second kappa shape index (κ2) is 5.13. The molecule has 1 saturated heterocycles. The highest BCUT2D eigenvalue weighted by atomic mass is 16.6. The molecule has 8 heteroatoms. The van der Waals surface area contributed by atoms with E-state index in [4.69, 9.17) is 5.73 Å². The van der Waals surface area contributed by atoms with E-state index in [1.165, 1.54) is 0 Å². The Kier molecular flexibility index (Phi) is 3.56. The third-order valence-corrected chi connectivity index (χ3v) is 2.95. The molecule has 1 aliphatic rings. The van der Waals surface area contributed by atoms with Crippen molar-refractivity contribution in [2.45, 2.75) is 18.9 Å². The molecule has 0 bridgehead atoms. The molecule has 3 N–H and O–H groups in total. The van der Waals surface area contributed by atoms with Crippen LogP contribution >= 0.6 is 0 Å². The summed E-state index contributed by atoms with van der Waals surface area (Å²) in [6, 6.07) is 0.150. The molecular weight excluding hydrogens is 236 g/mol. The molecule has 0 amide bonds. The number of aromatic nitrogens is 2. The van der Waals surface area contributed by atoms with E-state index in [2.05, 4.69) is 20.2 Å². The molecule has 1 aromatic rings. The molecule has 2 heterocycles. The van der Waals surface area contributed by atoms with E-state index in [0.29, 0.717) is 0 Å². The molecule has 98 valence electrons. The van der Waals surface area contributed by atoms with Crippen molar-refractivity contribution >= 4 is 17.5 Å². The number of likely N-dealkylation sites (tertiary alicyclic amines) is 1. The van der Waals surface area contributed by atoms with Gasteiger partial charge in [0.05, 0.1) is 4.92 Å². The van der Waals surface area contributed by atoms with Crippen molar-refractivity contribution in [2.75, 3.05) is 31.2 Å². The maximum Gasteiger partial charge on any atom is 0.329 e. The van der Waals surface area contributed by atoms with Crippen LogP contribution in [0.25, 0.3) is 0 Å². The molecule has 0 spiro atoms. The van der Waals surface area contributed by atoms with Crippen LogP contribution in [0.2, 0.25) is 0 Å². The van der Waals surface area contributed by atoms with Crippen molar-refractivity contribution in [1.82, 2.24) is 14.9 Å². The first-order valence-corrected chi connectivity index (χ1v) is 5.78. The Labute approximate surface area is 104 Å². The molecule has 1 aliphatic heterocycles. The van der Waals surface area contributed by atoms with Crippen molar-refractivity contribution in [1.29, 1.82) is 0 Å². The summed E-state index contributed by atoms with van der Waals surface area (Å²) in [5.41, 5.74) is 5.32. The lowest BCUT2D eigenvalue weighted by Crippen LogP contribution is -2.40. The van der Waals surface area contributed by atoms with Crippen LogP contribution in [0.5, 0.6) is 0 Å². The molecular formula is C10H16N6O2. The first kappa shape index (κ1) is 12.5. The van der Waals surface area contributed by atoms with Gasteiger partial charge in [-0.1, -0.05) is 0 Å². The second-order valence-corrected chi connectivity index (χ2v) is 4.46. The van der Waals surface area contributed by atoms with Gasteiger partial charge in [0, 0.05) is 12.6 Å². The summed E-state index contributed by atoms with van der Waals surface area (Å²) in [6.45, 7) is 1.88. The van der Waals surface area contributed by atoms with Crippen LogP contribution in [-0.2, 0) is 0 Å². The monoisotopic (exact) mass is 252 g/mol. The molecule has 1 aromatic heterocycles. The number of piperidine rings is 1. The van der Waals surface area contributed by atoms with Crippen molar-refractivity contribution in [2.24, 2.45) is 0 Å². The molecule has 0 radical (unpaired) electrons. The molecule has 18 heavy (non-hydrogen) atoms. The standard InChI is InChI=1S/C10H16N6O2/c1-15-4-2-3-7(6-15)13-9-8(16(17)18)5-12-10(11)14-9/h5,7H,2-4,6H2,1H3,(H3,11,12,13,14). The zero-order valence-electron chi connectivity index (χ0n) is 10.2. The maximum atomic E-state index is 10.9. The summed E-state index contributed by atoms with van der Waals surface area (Å²) < 4.78 is 0. The van der Waals surface area contributed by atoms with Crippen LogP contribution in [-0.4, -0.2) is 46.0 Å². The Morgan fingerprint density at radius 3 is 3.11 bits per heavy atom. The number of nitrogens with two attached hydrogens (primary N) is 1. The number of nitrogens with one attached hydrogen (secondary N) is 1. The van der Waals surface area contributed by atoms with E-state index in [1.54, 1.807) is 0 Å². The highest BCUT2D eigenvalue weighted by Gasteiger charge is 2.22. The van der Waals surface area contributed by atoms with Crippen LogP contribution in [0.1, 0.15) is 12.8 Å². The average Bonchev–Trinajstić information content (AvgIpc) is 2.28. The lowest BCUT2D eigenvalue weighted by molar-refractivity contribution is -0.384. The number of rotatable bonds is 3. The Hall–Kier alpha value is -1.96. The van der Waals surface area contributed by atoms with E-state index in [9.17, 15) is 10.1 Å². The minimum atomic E-state index is -0.506. The fraction of sp³-hybridized carbons (Fsp3) is 0.600. The largest absolute Gasteiger partial charge is 0.368 e. The predicted molar refractivity (Wildman–Crippen MR) is 67.2 cm³/mol. The number of hydrogen-bond donors (Lipinski definition) is 2. The SMILES string of the molecule is CN1CCCC(Nc2nc(N)ncc2[N+](=O)[O-])C1. The van der Waals surface area contributed by atoms with Crippen molar-refractivity contribution in [3.63, 3.8) is 0 Å². The molecule has 0 saturated carbocycles. The van der Waals surface area contributed by atoms with Gasteiger partial charge in [-0.05, 0) is 26.4 Å². The maximum absolute atomic E-state index is 10.9. The number of anilines is 2. The molecule has 1 fully saturated rings. The molecule has 0 aromatic carbocycles. The number of nitrogens with zero attached hydrogens (tertiary/aromatic N) is 4. The lowest BCUT2D eigenvalue weighted by Gasteiger charge is -2.30. The predicted octanol–water partition coefficient (Wildman–Crippen LogP) is 0.473. The first-order chi connectivity index (χ1) is 8.56. The van der Waals surface area contributed by atoms with Gasteiger partial charge in [0.2, 0.25) is 11.8 Å². The number of nitro groups is 1. The molecule has 1 atom stereocenters. The molecule has 0 aliphatic carbocycles. The van der Waals surface area contributed by atoms with E-state index >= 15 is 0 Å². The van der Waals surface area contributed by atoms with Gasteiger partial charge in [-0.3, -0.25) is 10.1 Å². The smallest absolute Gasteiger partial charge is 0.329 e. The Balaban J connectivity index is 2.16. The van der Waals surface area contributed by atoms with Gasteiger partial charge >= 0.3 is 5.69 Å². The molecule has 1 unspecified atom stereocenters. The van der Waals surface area contributed by atoms with Gasteiger partial charge in [-0.15, -0.1) is 0 Å². The quantitative estimate of drug-likeness (QED) is 0.594. The number of likely N-dealkylation sites (N-methyl/N-ethyl adjacent to an activating group) is 1. The van der Waals surface area contributed by atoms with Crippen LogP contribution in [0.3, 0.4) is 0 Å². The summed E-state index contributed by atoms with van der Waals surface area (Å²) in [7, 11) is 2.02. The fourth-order valence-corrected chi connectivity index (χ4v) is 2.11. The Morgan fingerprint density at radius 2 is 2.44 bits per heavy atom. The molecule has 8 nitrogen and oxygen atoms in total. The van der Waals surface area contributed by atoms with Crippen molar-refractivity contribution in [3.05, 3.63) is 16.3 Å². The van der Waals surface area contributed by atoms with Gasteiger partial charge in [0.25, 0.3) is 0 Å². The van der Waals surface area contributed by atoms with E-state index in [1.807, 2.05) is 7.05 Å². The van der Waals surface area contributed by atoms with Crippen molar-refractivity contribution < 1.29 is 4.92 Å². The highest BCUT2D eigenvalue weighted by Crippen LogP contribution is 2.23. The summed E-state index contributed by atoms with van der Waals surface area (Å²) in [6.07, 6.45) is 3.16. The van der Waals surface area contributed by atoms with Crippen LogP contribution in [0.15, 0.2) is 6.20 Å². The van der Waals surface area contributed by atoms with Crippen LogP contribution in [0.4, 0.5) is 17.5 Å². The minimum Gasteiger partial charge on any atom is -0.368 e. The summed E-state index contributed by atoms with van der Waals surface area (Å²) in [4.78, 5) is 20.1. The van der Waals surface area contributed by atoms with Crippen molar-refractivity contribution in [3.8, 4) is 0 Å². The zero-order chi connectivity index (χ0) is 13.1. The van der Waals surface area contributed by atoms with Gasteiger partial charge in [0.15, 0.2) is 0 Å². The number of nitrogen functional groups attached to an aromatic ring is 1. The van der Waals surface area contributed by atoms with Gasteiger partial charge < -0.3 is 16.0 Å². The fourth-order valence-electron chi connectivity index (χ4n) is 2.11. The topological polar surface area (TPSA) is 110 Å². The van der Waals surface area contributed by atoms with Crippen LogP contribution in [0, 0.1) is 10.1 Å². The van der Waals surface area contributed by atoms with E-state index in [-0.39, 0.29) is 23.5 Å². The second-order valence-electron chi connectivity index (χ2n) is 4.46. The van der Waals surface area contributed by atoms with Gasteiger partial charge in [0.1, 0.15) is 6.20 Å². The first-order valence-electron chi connectivity index (χ1n) is 5.78. The summed E-state index contributed by atoms with van der Waals surface area (Å²) >= 11 is 0. The zero-order valence-corrected chi connectivity index (χ0v) is 10.2. The third-order valence-electron chi connectivity index (χ3n) is 2.95. The van der Waals surface area contributed by atoms with E-state index in [0.717, 1.165) is 32.1 Å². The number of hydrogen-bond acceptors (Lipinski definition) is 7. The Bertz CT molecular complexity index is 452. The minimum absolute atomic E-state index is 0.0345. The molecule has 2 rings (SSSR count). The summed E-state index contributed by atoms with van der Waals surface area (Å²) in [5.74, 6) is 0.236. The third kappa shape index (κ3) is 2.83. The lowest BCUT2D eigenvalue weighted by atomic mass is 10.1. The average molecular weight is 252 g/mol. The highest BCUT2D eigenvalue weighted by molar-refractivity contribution is 5.56. The van der Waals surface area contributed by atoms with Gasteiger partial charge in [-0.25, -0.2) is 4.98 Å². The Morgan fingerprint density at radius 1 is 1.67 bits per heavy atom. The normalized spacial score (nSPS) is 20.6. The van der Waals surface area contributed by atoms with Crippen LogP contribution < -0.4 is 11.1 Å². The van der Waals surface area contributed by atoms with E-state index < -0.39 is 4.92 Å². The summed E-state index contributed by atoms with van der Waals surface area (Å²) in [5, 5.41) is 14.0.